The van der Waals surface area contributed by atoms with Crippen molar-refractivity contribution in [1.82, 2.24) is 0 Å². The van der Waals surface area contributed by atoms with Gasteiger partial charge in [0.15, 0.2) is 0 Å². The Morgan fingerprint density at radius 1 is 1.61 bits per heavy atom. The second-order valence-corrected chi connectivity index (χ2v) is 3.60. The SMILES string of the molecule is C#CCN(CC)c1ccc(/C=C/C(=O)O)cc1F. The third-order valence-electron chi connectivity index (χ3n) is 2.39. The van der Waals surface area contributed by atoms with E-state index in [0.717, 1.165) is 6.08 Å². The highest BCUT2D eigenvalue weighted by molar-refractivity contribution is 5.85. The van der Waals surface area contributed by atoms with Crippen molar-refractivity contribution in [1.29, 1.82) is 0 Å². The standard InChI is InChI=1S/C14H14FNO2/c1-3-9-16(4-2)13-7-5-11(10-12(13)15)6-8-14(17)18/h1,5-8,10H,4,9H2,2H3,(H,17,18)/b8-6+. The highest BCUT2D eigenvalue weighted by atomic mass is 19.1. The van der Waals surface area contributed by atoms with E-state index in [-0.39, 0.29) is 0 Å². The van der Waals surface area contributed by atoms with Crippen LogP contribution in [0.4, 0.5) is 10.1 Å². The Hall–Kier alpha value is -2.28. The van der Waals surface area contributed by atoms with Gasteiger partial charge in [0.05, 0.1) is 12.2 Å². The summed E-state index contributed by atoms with van der Waals surface area (Å²) in [6.07, 6.45) is 7.52. The summed E-state index contributed by atoms with van der Waals surface area (Å²) < 4.78 is 13.8. The average molecular weight is 247 g/mol. The van der Waals surface area contributed by atoms with Crippen molar-refractivity contribution >= 4 is 17.7 Å². The maximum atomic E-state index is 13.8. The molecule has 0 saturated carbocycles. The van der Waals surface area contributed by atoms with Crippen LogP contribution in [0.2, 0.25) is 0 Å². The Balaban J connectivity index is 2.99. The number of hydrogen-bond donors (Lipinski definition) is 1. The van der Waals surface area contributed by atoms with E-state index in [0.29, 0.717) is 24.3 Å². The van der Waals surface area contributed by atoms with Crippen molar-refractivity contribution in [2.75, 3.05) is 18.0 Å². The van der Waals surface area contributed by atoms with Crippen LogP contribution in [-0.4, -0.2) is 24.2 Å². The molecule has 94 valence electrons. The van der Waals surface area contributed by atoms with Crippen LogP contribution >= 0.6 is 0 Å². The summed E-state index contributed by atoms with van der Waals surface area (Å²) in [5.74, 6) is 0.982. The third kappa shape index (κ3) is 3.63. The monoisotopic (exact) mass is 247 g/mol. The molecule has 0 fully saturated rings. The van der Waals surface area contributed by atoms with E-state index < -0.39 is 11.8 Å². The minimum atomic E-state index is -1.07. The van der Waals surface area contributed by atoms with Crippen molar-refractivity contribution in [3.8, 4) is 12.3 Å². The van der Waals surface area contributed by atoms with Crippen molar-refractivity contribution in [3.63, 3.8) is 0 Å². The van der Waals surface area contributed by atoms with Crippen molar-refractivity contribution < 1.29 is 14.3 Å². The molecule has 1 rings (SSSR count). The van der Waals surface area contributed by atoms with Gasteiger partial charge in [0, 0.05) is 12.6 Å². The lowest BCUT2D eigenvalue weighted by Gasteiger charge is -2.21. The van der Waals surface area contributed by atoms with Gasteiger partial charge >= 0.3 is 5.97 Å². The van der Waals surface area contributed by atoms with Gasteiger partial charge < -0.3 is 10.0 Å². The molecule has 0 saturated heterocycles. The van der Waals surface area contributed by atoms with E-state index in [9.17, 15) is 9.18 Å². The average Bonchev–Trinajstić information content (AvgIpc) is 2.34. The molecule has 0 aliphatic carbocycles. The predicted octanol–water partition coefficient (Wildman–Crippen LogP) is 2.38. The Bertz CT molecular complexity index is 503. The lowest BCUT2D eigenvalue weighted by atomic mass is 10.1. The number of carbonyl (C=O) groups is 1. The molecule has 0 heterocycles. The number of carboxylic acids is 1. The van der Waals surface area contributed by atoms with E-state index in [1.54, 1.807) is 17.0 Å². The lowest BCUT2D eigenvalue weighted by Crippen LogP contribution is -2.23. The smallest absolute Gasteiger partial charge is 0.328 e. The molecule has 0 radical (unpaired) electrons. The summed E-state index contributed by atoms with van der Waals surface area (Å²) in [6, 6.07) is 4.53. The first-order valence-electron chi connectivity index (χ1n) is 5.47. The molecule has 0 aromatic heterocycles. The molecule has 0 spiro atoms. The van der Waals surface area contributed by atoms with E-state index in [4.69, 9.17) is 11.5 Å². The first kappa shape index (κ1) is 13.8. The van der Waals surface area contributed by atoms with Crippen LogP contribution in [0.1, 0.15) is 12.5 Å². The summed E-state index contributed by atoms with van der Waals surface area (Å²) in [6.45, 7) is 2.82. The minimum Gasteiger partial charge on any atom is -0.478 e. The van der Waals surface area contributed by atoms with Crippen LogP contribution in [0, 0.1) is 18.2 Å². The number of rotatable bonds is 5. The predicted molar refractivity (Wildman–Crippen MR) is 69.8 cm³/mol. The fourth-order valence-electron chi connectivity index (χ4n) is 1.53. The van der Waals surface area contributed by atoms with E-state index in [2.05, 4.69) is 5.92 Å². The number of aliphatic carboxylic acids is 1. The molecule has 0 aliphatic rings. The molecule has 0 amide bonds. The molecule has 0 atom stereocenters. The number of carboxylic acid groups (broad SMARTS) is 1. The fourth-order valence-corrected chi connectivity index (χ4v) is 1.53. The molecular formula is C14H14FNO2. The van der Waals surface area contributed by atoms with Gasteiger partial charge in [0.1, 0.15) is 5.82 Å². The molecular weight excluding hydrogens is 233 g/mol. The lowest BCUT2D eigenvalue weighted by molar-refractivity contribution is -0.131. The van der Waals surface area contributed by atoms with E-state index >= 15 is 0 Å². The summed E-state index contributed by atoms with van der Waals surface area (Å²) in [7, 11) is 0. The zero-order valence-electron chi connectivity index (χ0n) is 10.1. The first-order chi connectivity index (χ1) is 8.58. The fraction of sp³-hybridized carbons (Fsp3) is 0.214. The van der Waals surface area contributed by atoms with Crippen molar-refractivity contribution in [2.24, 2.45) is 0 Å². The summed E-state index contributed by atoms with van der Waals surface area (Å²) in [5.41, 5.74) is 0.915. The Kier molecular flexibility index (Phi) is 4.94. The second kappa shape index (κ2) is 6.45. The van der Waals surface area contributed by atoms with Gasteiger partial charge in [-0.1, -0.05) is 12.0 Å². The quantitative estimate of drug-likeness (QED) is 0.641. The van der Waals surface area contributed by atoms with Crippen molar-refractivity contribution in [2.45, 2.75) is 6.92 Å². The molecule has 0 unspecified atom stereocenters. The van der Waals surface area contributed by atoms with Crippen LogP contribution < -0.4 is 4.90 Å². The number of anilines is 1. The van der Waals surface area contributed by atoms with Crippen LogP contribution in [0.15, 0.2) is 24.3 Å². The highest BCUT2D eigenvalue weighted by Crippen LogP contribution is 2.20. The highest BCUT2D eigenvalue weighted by Gasteiger charge is 2.08. The van der Waals surface area contributed by atoms with Gasteiger partial charge in [0.25, 0.3) is 0 Å². The molecule has 1 N–H and O–H groups in total. The maximum absolute atomic E-state index is 13.8. The number of terminal acetylenes is 1. The molecule has 3 nitrogen and oxygen atoms in total. The van der Waals surface area contributed by atoms with Gasteiger partial charge in [-0.3, -0.25) is 0 Å². The van der Waals surface area contributed by atoms with E-state index in [1.165, 1.54) is 12.1 Å². The van der Waals surface area contributed by atoms with Crippen LogP contribution in [-0.2, 0) is 4.79 Å². The second-order valence-electron chi connectivity index (χ2n) is 3.60. The zero-order chi connectivity index (χ0) is 13.5. The molecule has 4 heteroatoms. The molecule has 1 aromatic carbocycles. The number of nitrogens with zero attached hydrogens (tertiary/aromatic N) is 1. The molecule has 18 heavy (non-hydrogen) atoms. The Morgan fingerprint density at radius 2 is 2.33 bits per heavy atom. The number of hydrogen-bond acceptors (Lipinski definition) is 2. The topological polar surface area (TPSA) is 40.5 Å². The normalized spacial score (nSPS) is 10.3. The Morgan fingerprint density at radius 3 is 2.83 bits per heavy atom. The van der Waals surface area contributed by atoms with E-state index in [1.807, 2.05) is 6.92 Å². The van der Waals surface area contributed by atoms with Gasteiger partial charge in [-0.25, -0.2) is 9.18 Å². The summed E-state index contributed by atoms with van der Waals surface area (Å²) in [4.78, 5) is 12.1. The third-order valence-corrected chi connectivity index (χ3v) is 2.39. The minimum absolute atomic E-state index is 0.331. The summed E-state index contributed by atoms with van der Waals surface area (Å²) in [5, 5.41) is 8.48. The number of halogens is 1. The zero-order valence-corrected chi connectivity index (χ0v) is 10.1. The summed E-state index contributed by atoms with van der Waals surface area (Å²) >= 11 is 0. The van der Waals surface area contributed by atoms with Gasteiger partial charge in [-0.15, -0.1) is 6.42 Å². The number of benzene rings is 1. The molecule has 0 bridgehead atoms. The molecule has 0 aliphatic heterocycles. The largest absolute Gasteiger partial charge is 0.478 e. The first-order valence-corrected chi connectivity index (χ1v) is 5.47. The van der Waals surface area contributed by atoms with Crippen LogP contribution in [0.3, 0.4) is 0 Å². The molecule has 1 aromatic rings. The van der Waals surface area contributed by atoms with Crippen molar-refractivity contribution in [3.05, 3.63) is 35.7 Å². The van der Waals surface area contributed by atoms with Gasteiger partial charge in [-0.2, -0.15) is 0 Å². The van der Waals surface area contributed by atoms with Crippen LogP contribution in [0.25, 0.3) is 6.08 Å². The Labute approximate surface area is 106 Å². The van der Waals surface area contributed by atoms with Gasteiger partial charge in [0.2, 0.25) is 0 Å². The maximum Gasteiger partial charge on any atom is 0.328 e. The van der Waals surface area contributed by atoms with Crippen LogP contribution in [0.5, 0.6) is 0 Å². The van der Waals surface area contributed by atoms with Gasteiger partial charge in [-0.05, 0) is 30.7 Å².